The molecular formula is C22H21N5O. The quantitative estimate of drug-likeness (QED) is 0.550. The molecule has 6 heteroatoms. The molecule has 0 saturated carbocycles. The Morgan fingerprint density at radius 2 is 1.79 bits per heavy atom. The van der Waals surface area contributed by atoms with Crippen LogP contribution in [-0.2, 0) is 11.3 Å². The van der Waals surface area contributed by atoms with E-state index in [2.05, 4.69) is 57.0 Å². The standard InChI is InChI=1S/C22H21N5O/c1-26(2)22-23-11-17(12-24-22)16-8-9-18-19(10-16)27-20(13-28-14-21(27)25-18)15-6-4-3-5-7-15/h3-12,20H,13-14H2,1-2H3. The van der Waals surface area contributed by atoms with E-state index >= 15 is 0 Å². The molecule has 0 N–H and O–H groups in total. The van der Waals surface area contributed by atoms with Crippen LogP contribution < -0.4 is 4.90 Å². The van der Waals surface area contributed by atoms with Crippen LogP contribution in [-0.4, -0.2) is 40.2 Å². The molecular weight excluding hydrogens is 350 g/mol. The third-order valence-corrected chi connectivity index (χ3v) is 5.14. The molecule has 0 spiro atoms. The van der Waals surface area contributed by atoms with Gasteiger partial charge in [0, 0.05) is 32.1 Å². The minimum atomic E-state index is 0.123. The fourth-order valence-electron chi connectivity index (χ4n) is 3.73. The van der Waals surface area contributed by atoms with E-state index in [4.69, 9.17) is 9.72 Å². The second-order valence-corrected chi connectivity index (χ2v) is 7.21. The molecule has 4 aromatic rings. The number of benzene rings is 2. The summed E-state index contributed by atoms with van der Waals surface area (Å²) in [5, 5.41) is 0. The van der Waals surface area contributed by atoms with E-state index in [1.165, 1.54) is 5.56 Å². The van der Waals surface area contributed by atoms with Crippen LogP contribution in [0, 0.1) is 0 Å². The van der Waals surface area contributed by atoms with Crippen LogP contribution in [0.2, 0.25) is 0 Å². The molecule has 5 rings (SSSR count). The lowest BCUT2D eigenvalue weighted by Crippen LogP contribution is -2.24. The van der Waals surface area contributed by atoms with Gasteiger partial charge in [0.25, 0.3) is 0 Å². The number of imidazole rings is 1. The van der Waals surface area contributed by atoms with Crippen molar-refractivity contribution in [3.63, 3.8) is 0 Å². The van der Waals surface area contributed by atoms with Gasteiger partial charge in [-0.2, -0.15) is 0 Å². The first-order chi connectivity index (χ1) is 13.7. The number of rotatable bonds is 3. The van der Waals surface area contributed by atoms with Gasteiger partial charge in [0.15, 0.2) is 0 Å². The second-order valence-electron chi connectivity index (χ2n) is 7.21. The summed E-state index contributed by atoms with van der Waals surface area (Å²) in [5.41, 5.74) is 5.40. The van der Waals surface area contributed by atoms with E-state index in [9.17, 15) is 0 Å². The summed E-state index contributed by atoms with van der Waals surface area (Å²) in [4.78, 5) is 15.6. The summed E-state index contributed by atoms with van der Waals surface area (Å²) in [5.74, 6) is 1.67. The van der Waals surface area contributed by atoms with E-state index in [1.807, 2.05) is 37.5 Å². The molecule has 2 aromatic heterocycles. The molecule has 0 bridgehead atoms. The van der Waals surface area contributed by atoms with Crippen molar-refractivity contribution in [3.8, 4) is 11.1 Å². The molecule has 1 aliphatic rings. The number of ether oxygens (including phenoxy) is 1. The van der Waals surface area contributed by atoms with Gasteiger partial charge in [0.1, 0.15) is 12.4 Å². The summed E-state index contributed by atoms with van der Waals surface area (Å²) >= 11 is 0. The molecule has 0 fully saturated rings. The lowest BCUT2D eigenvalue weighted by Gasteiger charge is -2.26. The van der Waals surface area contributed by atoms with E-state index < -0.39 is 0 Å². The first-order valence-electron chi connectivity index (χ1n) is 9.34. The van der Waals surface area contributed by atoms with Crippen LogP contribution in [0.4, 0.5) is 5.95 Å². The summed E-state index contributed by atoms with van der Waals surface area (Å²) in [6.07, 6.45) is 3.74. The van der Waals surface area contributed by atoms with Gasteiger partial charge in [0.05, 0.1) is 23.7 Å². The summed E-state index contributed by atoms with van der Waals surface area (Å²) in [6, 6.07) is 16.9. The average Bonchev–Trinajstić information content (AvgIpc) is 3.12. The minimum absolute atomic E-state index is 0.123. The van der Waals surface area contributed by atoms with Crippen LogP contribution >= 0.6 is 0 Å². The van der Waals surface area contributed by atoms with Crippen LogP contribution in [0.1, 0.15) is 17.4 Å². The Morgan fingerprint density at radius 3 is 2.54 bits per heavy atom. The zero-order valence-corrected chi connectivity index (χ0v) is 15.9. The number of aromatic nitrogens is 4. The predicted octanol–water partition coefficient (Wildman–Crippen LogP) is 3.68. The third-order valence-electron chi connectivity index (χ3n) is 5.14. The maximum absolute atomic E-state index is 5.84. The molecule has 2 aromatic carbocycles. The molecule has 0 amide bonds. The lowest BCUT2D eigenvalue weighted by molar-refractivity contribution is 0.0679. The van der Waals surface area contributed by atoms with Gasteiger partial charge in [0.2, 0.25) is 5.95 Å². The Kier molecular flexibility index (Phi) is 4.06. The van der Waals surface area contributed by atoms with E-state index in [-0.39, 0.29) is 6.04 Å². The van der Waals surface area contributed by atoms with Gasteiger partial charge in [-0.15, -0.1) is 0 Å². The minimum Gasteiger partial charge on any atom is -0.371 e. The molecule has 1 atom stereocenters. The fourth-order valence-corrected chi connectivity index (χ4v) is 3.73. The molecule has 140 valence electrons. The van der Waals surface area contributed by atoms with Gasteiger partial charge < -0.3 is 14.2 Å². The Hall–Kier alpha value is -3.25. The number of nitrogens with zero attached hydrogens (tertiary/aromatic N) is 5. The topological polar surface area (TPSA) is 56.1 Å². The Labute approximate surface area is 163 Å². The fraction of sp³-hybridized carbons (Fsp3) is 0.227. The van der Waals surface area contributed by atoms with Crippen molar-refractivity contribution in [2.24, 2.45) is 0 Å². The normalized spacial score (nSPS) is 16.1. The maximum Gasteiger partial charge on any atom is 0.224 e. The number of anilines is 1. The van der Waals surface area contributed by atoms with Crippen molar-refractivity contribution in [2.75, 3.05) is 25.6 Å². The van der Waals surface area contributed by atoms with Gasteiger partial charge >= 0.3 is 0 Å². The van der Waals surface area contributed by atoms with Gasteiger partial charge in [-0.05, 0) is 23.3 Å². The average molecular weight is 371 g/mol. The first kappa shape index (κ1) is 16.9. The van der Waals surface area contributed by atoms with Gasteiger partial charge in [-0.25, -0.2) is 15.0 Å². The number of fused-ring (bicyclic) bond motifs is 3. The van der Waals surface area contributed by atoms with Crippen molar-refractivity contribution in [2.45, 2.75) is 12.6 Å². The van der Waals surface area contributed by atoms with E-state index in [1.54, 1.807) is 0 Å². The first-order valence-corrected chi connectivity index (χ1v) is 9.34. The molecule has 1 aliphatic heterocycles. The smallest absolute Gasteiger partial charge is 0.224 e. The highest BCUT2D eigenvalue weighted by Gasteiger charge is 2.25. The largest absolute Gasteiger partial charge is 0.371 e. The number of hydrogen-bond acceptors (Lipinski definition) is 5. The molecule has 0 aliphatic carbocycles. The van der Waals surface area contributed by atoms with Crippen molar-refractivity contribution in [3.05, 3.63) is 72.3 Å². The Morgan fingerprint density at radius 1 is 1.00 bits per heavy atom. The van der Waals surface area contributed by atoms with Crippen LogP contribution in [0.5, 0.6) is 0 Å². The van der Waals surface area contributed by atoms with E-state index in [0.29, 0.717) is 19.2 Å². The van der Waals surface area contributed by atoms with Crippen molar-refractivity contribution >= 4 is 17.0 Å². The molecule has 28 heavy (non-hydrogen) atoms. The lowest BCUT2D eigenvalue weighted by atomic mass is 10.1. The molecule has 3 heterocycles. The Bertz CT molecular complexity index is 1120. The van der Waals surface area contributed by atoms with Crippen molar-refractivity contribution in [1.29, 1.82) is 0 Å². The van der Waals surface area contributed by atoms with Crippen molar-refractivity contribution < 1.29 is 4.74 Å². The van der Waals surface area contributed by atoms with Gasteiger partial charge in [-0.1, -0.05) is 36.4 Å². The SMILES string of the molecule is CN(C)c1ncc(-c2ccc3nc4n(c3c2)C(c2ccccc2)COC4)cn1. The monoisotopic (exact) mass is 371 g/mol. The summed E-state index contributed by atoms with van der Waals surface area (Å²) < 4.78 is 8.15. The highest BCUT2D eigenvalue weighted by atomic mass is 16.5. The van der Waals surface area contributed by atoms with Gasteiger partial charge in [-0.3, -0.25) is 0 Å². The maximum atomic E-state index is 5.84. The van der Waals surface area contributed by atoms with Crippen LogP contribution in [0.25, 0.3) is 22.2 Å². The molecule has 1 unspecified atom stereocenters. The van der Waals surface area contributed by atoms with E-state index in [0.717, 1.165) is 28.0 Å². The highest BCUT2D eigenvalue weighted by molar-refractivity contribution is 5.83. The number of hydrogen-bond donors (Lipinski definition) is 0. The zero-order chi connectivity index (χ0) is 19.1. The second kappa shape index (κ2) is 6.73. The Balaban J connectivity index is 1.62. The van der Waals surface area contributed by atoms with Crippen molar-refractivity contribution in [1.82, 2.24) is 19.5 Å². The zero-order valence-electron chi connectivity index (χ0n) is 15.9. The third kappa shape index (κ3) is 2.82. The molecule has 6 nitrogen and oxygen atoms in total. The predicted molar refractivity (Wildman–Crippen MR) is 109 cm³/mol. The molecule has 0 radical (unpaired) electrons. The molecule has 0 saturated heterocycles. The van der Waals surface area contributed by atoms with Crippen LogP contribution in [0.3, 0.4) is 0 Å². The summed E-state index contributed by atoms with van der Waals surface area (Å²) in [7, 11) is 3.87. The highest BCUT2D eigenvalue weighted by Crippen LogP contribution is 2.32. The summed E-state index contributed by atoms with van der Waals surface area (Å²) in [6.45, 7) is 1.18. The van der Waals surface area contributed by atoms with Crippen LogP contribution in [0.15, 0.2) is 60.9 Å².